The van der Waals surface area contributed by atoms with Crippen LogP contribution in [0.3, 0.4) is 0 Å². The van der Waals surface area contributed by atoms with Crippen LogP contribution in [0.15, 0.2) is 60.7 Å². The van der Waals surface area contributed by atoms with Crippen molar-refractivity contribution in [3.05, 3.63) is 71.8 Å². The van der Waals surface area contributed by atoms with E-state index >= 15 is 0 Å². The van der Waals surface area contributed by atoms with Gasteiger partial charge in [-0.2, -0.15) is 0 Å². The smallest absolute Gasteiger partial charge is 0.223 e. The summed E-state index contributed by atoms with van der Waals surface area (Å²) in [5, 5.41) is 3.14. The van der Waals surface area contributed by atoms with Gasteiger partial charge in [-0.15, -0.1) is 0 Å². The van der Waals surface area contributed by atoms with Crippen molar-refractivity contribution >= 4 is 5.91 Å². The Hall–Kier alpha value is -2.39. The highest BCUT2D eigenvalue weighted by molar-refractivity contribution is 5.79. The lowest BCUT2D eigenvalue weighted by atomic mass is 9.93. The molecule has 26 heavy (non-hydrogen) atoms. The molecule has 1 N–H and O–H groups in total. The number of hydrogen-bond donors (Lipinski definition) is 1. The van der Waals surface area contributed by atoms with Gasteiger partial charge in [-0.05, 0) is 55.6 Å². The van der Waals surface area contributed by atoms with Gasteiger partial charge in [0.2, 0.25) is 5.91 Å². The van der Waals surface area contributed by atoms with E-state index in [2.05, 4.69) is 78.9 Å². The Morgan fingerprint density at radius 3 is 2.54 bits per heavy atom. The molecule has 1 unspecified atom stereocenters. The van der Waals surface area contributed by atoms with Crippen molar-refractivity contribution in [2.45, 2.75) is 32.4 Å². The first-order valence-corrected chi connectivity index (χ1v) is 9.38. The van der Waals surface area contributed by atoms with Crippen molar-refractivity contribution in [3.63, 3.8) is 0 Å². The zero-order valence-electron chi connectivity index (χ0n) is 15.7. The maximum absolute atomic E-state index is 12.4. The van der Waals surface area contributed by atoms with Crippen molar-refractivity contribution in [2.24, 2.45) is 5.92 Å². The summed E-state index contributed by atoms with van der Waals surface area (Å²) >= 11 is 0. The Bertz CT molecular complexity index is 762. The third-order valence-corrected chi connectivity index (χ3v) is 4.87. The minimum Gasteiger partial charge on any atom is -0.352 e. The molecule has 136 valence electrons. The molecule has 0 bridgehead atoms. The summed E-state index contributed by atoms with van der Waals surface area (Å²) in [6.07, 6.45) is 7.11. The van der Waals surface area contributed by atoms with Gasteiger partial charge in [0.05, 0.1) is 0 Å². The van der Waals surface area contributed by atoms with Crippen LogP contribution in [-0.2, 0) is 17.9 Å². The van der Waals surface area contributed by atoms with Crippen LogP contribution < -0.4 is 5.32 Å². The molecule has 3 rings (SSSR count). The first-order valence-electron chi connectivity index (χ1n) is 9.38. The largest absolute Gasteiger partial charge is 0.352 e. The van der Waals surface area contributed by atoms with Gasteiger partial charge >= 0.3 is 0 Å². The number of carbonyl (C=O) groups excluding carboxylic acids is 1. The van der Waals surface area contributed by atoms with Crippen LogP contribution in [0.2, 0.25) is 0 Å². The molecule has 1 amide bonds. The van der Waals surface area contributed by atoms with Gasteiger partial charge < -0.3 is 10.2 Å². The second-order valence-electron chi connectivity index (χ2n) is 7.29. The van der Waals surface area contributed by atoms with Crippen LogP contribution in [0.1, 0.15) is 30.4 Å². The van der Waals surface area contributed by atoms with Gasteiger partial charge in [-0.1, -0.05) is 60.7 Å². The molecule has 0 radical (unpaired) electrons. The van der Waals surface area contributed by atoms with E-state index in [-0.39, 0.29) is 11.8 Å². The number of rotatable bonds is 6. The van der Waals surface area contributed by atoms with Crippen LogP contribution in [0.5, 0.6) is 0 Å². The molecular formula is C23H28N2O. The molecule has 2 aromatic rings. The fourth-order valence-corrected chi connectivity index (χ4v) is 3.47. The van der Waals surface area contributed by atoms with Crippen molar-refractivity contribution in [1.82, 2.24) is 10.2 Å². The monoisotopic (exact) mass is 348 g/mol. The highest BCUT2D eigenvalue weighted by atomic mass is 16.1. The molecule has 1 atom stereocenters. The average molecular weight is 348 g/mol. The summed E-state index contributed by atoms with van der Waals surface area (Å²) in [5.41, 5.74) is 4.84. The number of nitrogens with zero attached hydrogens (tertiary/aromatic N) is 1. The van der Waals surface area contributed by atoms with Crippen LogP contribution >= 0.6 is 0 Å². The number of carbonyl (C=O) groups is 1. The Labute approximate surface area is 156 Å². The lowest BCUT2D eigenvalue weighted by Crippen LogP contribution is -2.30. The molecule has 1 aliphatic rings. The Morgan fingerprint density at radius 2 is 1.85 bits per heavy atom. The van der Waals surface area contributed by atoms with Gasteiger partial charge in [0, 0.05) is 19.0 Å². The topological polar surface area (TPSA) is 32.3 Å². The Morgan fingerprint density at radius 1 is 1.08 bits per heavy atom. The molecule has 0 saturated heterocycles. The molecule has 0 aromatic heterocycles. The zero-order valence-corrected chi connectivity index (χ0v) is 15.7. The fraction of sp³-hybridized carbons (Fsp3) is 0.348. The van der Waals surface area contributed by atoms with Gasteiger partial charge in [-0.25, -0.2) is 0 Å². The second kappa shape index (κ2) is 8.81. The van der Waals surface area contributed by atoms with Crippen LogP contribution in [0.4, 0.5) is 0 Å². The average Bonchev–Trinajstić information content (AvgIpc) is 2.67. The standard InChI is InChI=1S/C23H28N2O/c1-25(2)17-18-12-14-19(15-13-18)22-11-7-6-10-21(22)16-24-23(26)20-8-4-3-5-9-20/h3-4,6-7,10-15,20H,5,8-9,16-17H2,1-2H3,(H,24,26). The minimum absolute atomic E-state index is 0.123. The summed E-state index contributed by atoms with van der Waals surface area (Å²) in [6.45, 7) is 1.52. The molecule has 0 aliphatic heterocycles. The molecule has 0 heterocycles. The highest BCUT2D eigenvalue weighted by Gasteiger charge is 2.18. The van der Waals surface area contributed by atoms with E-state index in [0.29, 0.717) is 6.54 Å². The van der Waals surface area contributed by atoms with Crippen molar-refractivity contribution < 1.29 is 4.79 Å². The maximum atomic E-state index is 12.4. The number of nitrogens with one attached hydrogen (secondary N) is 1. The van der Waals surface area contributed by atoms with Gasteiger partial charge in [0.15, 0.2) is 0 Å². The fourth-order valence-electron chi connectivity index (χ4n) is 3.47. The Kier molecular flexibility index (Phi) is 6.24. The summed E-state index contributed by atoms with van der Waals surface area (Å²) in [6, 6.07) is 17.0. The van der Waals surface area contributed by atoms with Crippen molar-refractivity contribution in [2.75, 3.05) is 14.1 Å². The van der Waals surface area contributed by atoms with Crippen LogP contribution in [-0.4, -0.2) is 24.9 Å². The first kappa shape index (κ1) is 18.4. The van der Waals surface area contributed by atoms with Crippen molar-refractivity contribution in [1.29, 1.82) is 0 Å². The van der Waals surface area contributed by atoms with Crippen LogP contribution in [0.25, 0.3) is 11.1 Å². The summed E-state index contributed by atoms with van der Waals surface area (Å²) in [7, 11) is 4.15. The zero-order chi connectivity index (χ0) is 18.4. The van der Waals surface area contributed by atoms with E-state index in [4.69, 9.17) is 0 Å². The second-order valence-corrected chi connectivity index (χ2v) is 7.29. The van der Waals surface area contributed by atoms with Crippen molar-refractivity contribution in [3.8, 4) is 11.1 Å². The quantitative estimate of drug-likeness (QED) is 0.785. The number of allylic oxidation sites excluding steroid dienone is 2. The number of hydrogen-bond acceptors (Lipinski definition) is 2. The molecule has 0 saturated carbocycles. The molecule has 0 spiro atoms. The highest BCUT2D eigenvalue weighted by Crippen LogP contribution is 2.25. The van der Waals surface area contributed by atoms with E-state index in [0.717, 1.165) is 31.4 Å². The molecule has 2 aromatic carbocycles. The molecule has 3 heteroatoms. The van der Waals surface area contributed by atoms with E-state index in [1.807, 2.05) is 6.07 Å². The molecule has 0 fully saturated rings. The minimum atomic E-state index is 0.123. The molecule has 1 aliphatic carbocycles. The number of amides is 1. The summed E-state index contributed by atoms with van der Waals surface area (Å²) in [4.78, 5) is 14.6. The lowest BCUT2D eigenvalue weighted by molar-refractivity contribution is -0.125. The maximum Gasteiger partial charge on any atom is 0.223 e. The molecule has 3 nitrogen and oxygen atoms in total. The lowest BCUT2D eigenvalue weighted by Gasteiger charge is -2.18. The third-order valence-electron chi connectivity index (χ3n) is 4.87. The normalized spacial score (nSPS) is 16.7. The van der Waals surface area contributed by atoms with E-state index < -0.39 is 0 Å². The molecular weight excluding hydrogens is 320 g/mol. The van der Waals surface area contributed by atoms with Gasteiger partial charge in [0.25, 0.3) is 0 Å². The van der Waals surface area contributed by atoms with Gasteiger partial charge in [-0.3, -0.25) is 4.79 Å². The summed E-state index contributed by atoms with van der Waals surface area (Å²) < 4.78 is 0. The van der Waals surface area contributed by atoms with E-state index in [1.165, 1.54) is 16.7 Å². The third kappa shape index (κ3) is 4.83. The van der Waals surface area contributed by atoms with E-state index in [1.54, 1.807) is 0 Å². The van der Waals surface area contributed by atoms with Crippen LogP contribution in [0, 0.1) is 5.92 Å². The van der Waals surface area contributed by atoms with E-state index in [9.17, 15) is 4.79 Å². The predicted molar refractivity (Wildman–Crippen MR) is 108 cm³/mol. The SMILES string of the molecule is CN(C)Cc1ccc(-c2ccccc2CNC(=O)C2CC=CCC2)cc1. The first-order chi connectivity index (χ1) is 12.6. The Balaban J connectivity index is 1.69. The predicted octanol–water partition coefficient (Wildman–Crippen LogP) is 4.39. The number of benzene rings is 2. The van der Waals surface area contributed by atoms with Gasteiger partial charge in [0.1, 0.15) is 0 Å². The summed E-state index contributed by atoms with van der Waals surface area (Å²) in [5.74, 6) is 0.294.